The summed E-state index contributed by atoms with van der Waals surface area (Å²) in [5.74, 6) is -0.191. The van der Waals surface area contributed by atoms with Crippen molar-refractivity contribution in [3.8, 4) is 0 Å². The van der Waals surface area contributed by atoms with Crippen LogP contribution in [0.5, 0.6) is 0 Å². The molecule has 1 heterocycles. The second-order valence-electron chi connectivity index (χ2n) is 4.71. The molecule has 0 bridgehead atoms. The third-order valence-corrected chi connectivity index (χ3v) is 3.50. The first kappa shape index (κ1) is 14.2. The zero-order chi connectivity index (χ0) is 13.8. The molecule has 0 amide bonds. The molecule has 5 heteroatoms. The van der Waals surface area contributed by atoms with E-state index >= 15 is 0 Å². The number of rotatable bonds is 5. The highest BCUT2D eigenvalue weighted by atomic mass is 79.9. The van der Waals surface area contributed by atoms with E-state index in [0.29, 0.717) is 5.56 Å². The van der Waals surface area contributed by atoms with Crippen molar-refractivity contribution in [2.45, 2.75) is 32.5 Å². The standard InChI is InChI=1S/C14H17BrFN3/c1-10(8-19-6-5-17-9-19)18-11(2)13-4-3-12(15)7-14(13)16/h3-7,9-11,18H,8H2,1-2H3. The van der Waals surface area contributed by atoms with Crippen LogP contribution < -0.4 is 5.32 Å². The Balaban J connectivity index is 1.98. The summed E-state index contributed by atoms with van der Waals surface area (Å²) in [5.41, 5.74) is 0.681. The van der Waals surface area contributed by atoms with Crippen molar-refractivity contribution in [2.75, 3.05) is 0 Å². The fourth-order valence-electron chi connectivity index (χ4n) is 2.13. The van der Waals surface area contributed by atoms with Crippen LogP contribution in [0.3, 0.4) is 0 Å². The van der Waals surface area contributed by atoms with Crippen LogP contribution in [0.1, 0.15) is 25.5 Å². The van der Waals surface area contributed by atoms with E-state index in [1.54, 1.807) is 18.6 Å². The van der Waals surface area contributed by atoms with Crippen molar-refractivity contribution in [3.63, 3.8) is 0 Å². The van der Waals surface area contributed by atoms with E-state index in [4.69, 9.17) is 0 Å². The molecule has 102 valence electrons. The first-order valence-corrected chi connectivity index (χ1v) is 7.02. The van der Waals surface area contributed by atoms with E-state index in [1.165, 1.54) is 6.07 Å². The van der Waals surface area contributed by atoms with Crippen molar-refractivity contribution in [2.24, 2.45) is 0 Å². The number of aromatic nitrogens is 2. The number of halogens is 2. The molecule has 2 atom stereocenters. The fraction of sp³-hybridized carbons (Fsp3) is 0.357. The molecule has 0 aliphatic carbocycles. The summed E-state index contributed by atoms with van der Waals surface area (Å²) in [5, 5.41) is 3.39. The molecule has 0 saturated carbocycles. The van der Waals surface area contributed by atoms with Crippen LogP contribution in [0.4, 0.5) is 4.39 Å². The number of hydrogen-bond donors (Lipinski definition) is 1. The van der Waals surface area contributed by atoms with Gasteiger partial charge in [-0.3, -0.25) is 0 Å². The van der Waals surface area contributed by atoms with E-state index in [9.17, 15) is 4.39 Å². The zero-order valence-electron chi connectivity index (χ0n) is 11.0. The Bertz CT molecular complexity index is 527. The van der Waals surface area contributed by atoms with Gasteiger partial charge in [0, 0.05) is 41.1 Å². The number of imidazole rings is 1. The molecule has 0 saturated heterocycles. The predicted octanol–water partition coefficient (Wildman–Crippen LogP) is 3.52. The first-order chi connectivity index (χ1) is 9.06. The largest absolute Gasteiger partial charge is 0.336 e. The average Bonchev–Trinajstić information content (AvgIpc) is 2.81. The summed E-state index contributed by atoms with van der Waals surface area (Å²) in [6, 6.07) is 5.35. The molecule has 0 aliphatic heterocycles. The summed E-state index contributed by atoms with van der Waals surface area (Å²) in [4.78, 5) is 4.01. The van der Waals surface area contributed by atoms with Gasteiger partial charge in [0.05, 0.1) is 6.33 Å². The van der Waals surface area contributed by atoms with Gasteiger partial charge in [-0.1, -0.05) is 22.0 Å². The smallest absolute Gasteiger partial charge is 0.129 e. The van der Waals surface area contributed by atoms with Crippen LogP contribution >= 0.6 is 15.9 Å². The molecule has 0 radical (unpaired) electrons. The predicted molar refractivity (Wildman–Crippen MR) is 77.3 cm³/mol. The maximum Gasteiger partial charge on any atom is 0.129 e. The maximum absolute atomic E-state index is 13.8. The van der Waals surface area contributed by atoms with E-state index in [-0.39, 0.29) is 17.9 Å². The highest BCUT2D eigenvalue weighted by Crippen LogP contribution is 2.21. The lowest BCUT2D eigenvalue weighted by Crippen LogP contribution is -2.32. The summed E-state index contributed by atoms with van der Waals surface area (Å²) in [6.45, 7) is 4.85. The lowest BCUT2D eigenvalue weighted by Gasteiger charge is -2.21. The van der Waals surface area contributed by atoms with Gasteiger partial charge in [-0.15, -0.1) is 0 Å². The van der Waals surface area contributed by atoms with Gasteiger partial charge < -0.3 is 9.88 Å². The molecule has 3 nitrogen and oxygen atoms in total. The van der Waals surface area contributed by atoms with Gasteiger partial charge in [-0.05, 0) is 26.0 Å². The van der Waals surface area contributed by atoms with Crippen molar-refractivity contribution in [1.82, 2.24) is 14.9 Å². The van der Waals surface area contributed by atoms with Gasteiger partial charge in [-0.25, -0.2) is 9.37 Å². The van der Waals surface area contributed by atoms with Gasteiger partial charge in [-0.2, -0.15) is 0 Å². The van der Waals surface area contributed by atoms with Gasteiger partial charge >= 0.3 is 0 Å². The van der Waals surface area contributed by atoms with E-state index in [0.717, 1.165) is 11.0 Å². The topological polar surface area (TPSA) is 29.9 Å². The maximum atomic E-state index is 13.8. The van der Waals surface area contributed by atoms with Crippen LogP contribution in [0.15, 0.2) is 41.4 Å². The minimum atomic E-state index is -0.191. The van der Waals surface area contributed by atoms with Crippen molar-refractivity contribution in [3.05, 3.63) is 52.8 Å². The number of nitrogens with zero attached hydrogens (tertiary/aromatic N) is 2. The van der Waals surface area contributed by atoms with E-state index in [1.807, 2.05) is 23.8 Å². The average molecular weight is 326 g/mol. The second kappa shape index (κ2) is 6.30. The monoisotopic (exact) mass is 325 g/mol. The molecule has 1 aromatic heterocycles. The molecule has 0 aliphatic rings. The highest BCUT2D eigenvalue weighted by molar-refractivity contribution is 9.10. The molecular weight excluding hydrogens is 309 g/mol. The Morgan fingerprint density at radius 1 is 1.42 bits per heavy atom. The minimum Gasteiger partial charge on any atom is -0.336 e. The fourth-order valence-corrected chi connectivity index (χ4v) is 2.47. The summed E-state index contributed by atoms with van der Waals surface area (Å²) in [6.07, 6.45) is 5.46. The molecule has 19 heavy (non-hydrogen) atoms. The van der Waals surface area contributed by atoms with Gasteiger partial charge in [0.2, 0.25) is 0 Å². The third kappa shape index (κ3) is 3.88. The molecule has 0 fully saturated rings. The Kier molecular flexibility index (Phi) is 4.71. The minimum absolute atomic E-state index is 0.0355. The van der Waals surface area contributed by atoms with Gasteiger partial charge in [0.15, 0.2) is 0 Å². The third-order valence-electron chi connectivity index (χ3n) is 3.01. The van der Waals surface area contributed by atoms with Gasteiger partial charge in [0.25, 0.3) is 0 Å². The first-order valence-electron chi connectivity index (χ1n) is 6.23. The number of benzene rings is 1. The number of hydrogen-bond acceptors (Lipinski definition) is 2. The van der Waals surface area contributed by atoms with Crippen molar-refractivity contribution >= 4 is 15.9 Å². The normalized spacial score (nSPS) is 14.3. The highest BCUT2D eigenvalue weighted by Gasteiger charge is 2.13. The van der Waals surface area contributed by atoms with Crippen LogP contribution in [-0.2, 0) is 6.54 Å². The molecule has 2 aromatic rings. The molecular formula is C14H17BrFN3. The van der Waals surface area contributed by atoms with Crippen LogP contribution in [0, 0.1) is 5.82 Å². The SMILES string of the molecule is CC(Cn1ccnc1)NC(C)c1ccc(Br)cc1F. The Morgan fingerprint density at radius 3 is 2.84 bits per heavy atom. The Labute approximate surface area is 121 Å². The molecule has 2 rings (SSSR count). The van der Waals surface area contributed by atoms with E-state index < -0.39 is 0 Å². The molecule has 1 aromatic carbocycles. The van der Waals surface area contributed by atoms with Crippen LogP contribution in [-0.4, -0.2) is 15.6 Å². The Morgan fingerprint density at radius 2 is 2.21 bits per heavy atom. The summed E-state index contributed by atoms with van der Waals surface area (Å²) >= 11 is 3.27. The molecule has 0 spiro atoms. The quantitative estimate of drug-likeness (QED) is 0.911. The second-order valence-corrected chi connectivity index (χ2v) is 5.63. The summed E-state index contributed by atoms with van der Waals surface area (Å²) in [7, 11) is 0. The van der Waals surface area contributed by atoms with Gasteiger partial charge in [0.1, 0.15) is 5.82 Å². The van der Waals surface area contributed by atoms with Crippen LogP contribution in [0.2, 0.25) is 0 Å². The molecule has 1 N–H and O–H groups in total. The lowest BCUT2D eigenvalue weighted by molar-refractivity contribution is 0.421. The van der Waals surface area contributed by atoms with E-state index in [2.05, 4.69) is 33.2 Å². The zero-order valence-corrected chi connectivity index (χ0v) is 12.6. The molecule has 2 unspecified atom stereocenters. The lowest BCUT2D eigenvalue weighted by atomic mass is 10.1. The summed E-state index contributed by atoms with van der Waals surface area (Å²) < 4.78 is 16.6. The van der Waals surface area contributed by atoms with Crippen molar-refractivity contribution in [1.29, 1.82) is 0 Å². The van der Waals surface area contributed by atoms with Crippen LogP contribution in [0.25, 0.3) is 0 Å². The number of nitrogens with one attached hydrogen (secondary N) is 1. The Hall–Kier alpha value is -1.20. The van der Waals surface area contributed by atoms with Crippen molar-refractivity contribution < 1.29 is 4.39 Å².